The van der Waals surface area contributed by atoms with Crippen LogP contribution in [0.5, 0.6) is 0 Å². The molecule has 0 aliphatic heterocycles. The van der Waals surface area contributed by atoms with Crippen molar-refractivity contribution >= 4 is 5.91 Å². The summed E-state index contributed by atoms with van der Waals surface area (Å²) in [5, 5.41) is 2.83. The van der Waals surface area contributed by atoms with Crippen molar-refractivity contribution in [1.29, 1.82) is 0 Å². The molecule has 1 rings (SSSR count). The summed E-state index contributed by atoms with van der Waals surface area (Å²) in [6, 6.07) is 2.53. The minimum absolute atomic E-state index is 0.242. The first-order valence-electron chi connectivity index (χ1n) is 7.05. The first-order chi connectivity index (χ1) is 9.54. The lowest BCUT2D eigenvalue weighted by molar-refractivity contribution is -0.126. The van der Waals surface area contributed by atoms with Crippen LogP contribution in [-0.2, 0) is 4.79 Å². The number of hydrogen-bond acceptors (Lipinski definition) is 2. The Kier molecular flexibility index (Phi) is 5.45. The van der Waals surface area contributed by atoms with Crippen molar-refractivity contribution in [1.82, 2.24) is 5.32 Å². The second-order valence-corrected chi connectivity index (χ2v) is 6.62. The molecule has 118 valence electrons. The number of benzene rings is 1. The summed E-state index contributed by atoms with van der Waals surface area (Å²) in [6.07, 6.45) is 0. The molecule has 0 radical (unpaired) electrons. The van der Waals surface area contributed by atoms with Gasteiger partial charge < -0.3 is 11.1 Å². The van der Waals surface area contributed by atoms with Gasteiger partial charge in [0.05, 0.1) is 6.04 Å². The van der Waals surface area contributed by atoms with Gasteiger partial charge in [-0.15, -0.1) is 0 Å². The lowest BCUT2D eigenvalue weighted by atomic mass is 9.81. The first-order valence-corrected chi connectivity index (χ1v) is 7.05. The van der Waals surface area contributed by atoms with Gasteiger partial charge in [0.15, 0.2) is 0 Å². The van der Waals surface area contributed by atoms with Crippen LogP contribution in [-0.4, -0.2) is 11.9 Å². The number of amides is 1. The molecule has 3 nitrogen and oxygen atoms in total. The van der Waals surface area contributed by atoms with E-state index in [0.717, 1.165) is 6.07 Å². The van der Waals surface area contributed by atoms with Gasteiger partial charge in [0.1, 0.15) is 11.6 Å². The topological polar surface area (TPSA) is 55.1 Å². The van der Waals surface area contributed by atoms with Crippen LogP contribution in [0.4, 0.5) is 8.78 Å². The van der Waals surface area contributed by atoms with E-state index >= 15 is 0 Å². The first kappa shape index (κ1) is 17.6. The van der Waals surface area contributed by atoms with Crippen LogP contribution in [0.15, 0.2) is 18.2 Å². The third-order valence-electron chi connectivity index (χ3n) is 3.63. The maximum atomic E-state index is 14.0. The highest BCUT2D eigenvalue weighted by Gasteiger charge is 2.31. The Morgan fingerprint density at radius 1 is 1.24 bits per heavy atom. The van der Waals surface area contributed by atoms with Crippen LogP contribution in [0, 0.1) is 23.0 Å². The van der Waals surface area contributed by atoms with E-state index in [1.807, 2.05) is 20.8 Å². The minimum atomic E-state index is -0.663. The quantitative estimate of drug-likeness (QED) is 0.897. The second kappa shape index (κ2) is 6.52. The summed E-state index contributed by atoms with van der Waals surface area (Å²) < 4.78 is 27.1. The van der Waals surface area contributed by atoms with Gasteiger partial charge in [0.2, 0.25) is 5.91 Å². The molecule has 3 atom stereocenters. The number of carbonyl (C=O) groups excluding carboxylic acids is 1. The predicted octanol–water partition coefficient (Wildman–Crippen LogP) is 3.15. The molecule has 0 heterocycles. The molecule has 0 spiro atoms. The number of rotatable bonds is 4. The van der Waals surface area contributed by atoms with Crippen LogP contribution in [0.3, 0.4) is 0 Å². The standard InChI is InChI=1S/C16H24F2N2O/c1-9(10(2)19)15(21)20-14(16(3,4)5)12-7-6-11(17)8-13(12)18/h6-10,14H,19H2,1-5H3,(H,20,21). The van der Waals surface area contributed by atoms with Crippen LogP contribution in [0.1, 0.15) is 46.2 Å². The van der Waals surface area contributed by atoms with Gasteiger partial charge in [-0.2, -0.15) is 0 Å². The highest BCUT2D eigenvalue weighted by Crippen LogP contribution is 2.34. The lowest BCUT2D eigenvalue weighted by Gasteiger charge is -2.33. The molecule has 0 fully saturated rings. The Morgan fingerprint density at radius 3 is 2.24 bits per heavy atom. The van der Waals surface area contributed by atoms with Crippen LogP contribution < -0.4 is 11.1 Å². The van der Waals surface area contributed by atoms with Gasteiger partial charge in [-0.1, -0.05) is 33.8 Å². The molecule has 5 heteroatoms. The zero-order valence-electron chi connectivity index (χ0n) is 13.2. The van der Waals surface area contributed by atoms with Crippen LogP contribution >= 0.6 is 0 Å². The van der Waals surface area contributed by atoms with Gasteiger partial charge in [-0.3, -0.25) is 4.79 Å². The molecule has 1 amide bonds. The molecule has 3 N–H and O–H groups in total. The zero-order chi connectivity index (χ0) is 16.4. The molecule has 3 unspecified atom stereocenters. The number of halogens is 2. The number of carbonyl (C=O) groups is 1. The largest absolute Gasteiger partial charge is 0.348 e. The fourth-order valence-electron chi connectivity index (χ4n) is 2.01. The van der Waals surface area contributed by atoms with E-state index in [9.17, 15) is 13.6 Å². The molecule has 0 saturated heterocycles. The molecular formula is C16H24F2N2O. The Hall–Kier alpha value is -1.49. The third-order valence-corrected chi connectivity index (χ3v) is 3.63. The van der Waals surface area contributed by atoms with Gasteiger partial charge in [-0.25, -0.2) is 8.78 Å². The Balaban J connectivity index is 3.11. The number of nitrogens with two attached hydrogens (primary N) is 1. The molecular weight excluding hydrogens is 274 g/mol. The summed E-state index contributed by atoms with van der Waals surface area (Å²) in [7, 11) is 0. The second-order valence-electron chi connectivity index (χ2n) is 6.62. The predicted molar refractivity (Wildman–Crippen MR) is 79.5 cm³/mol. The van der Waals surface area contributed by atoms with E-state index in [1.165, 1.54) is 12.1 Å². The summed E-state index contributed by atoms with van der Waals surface area (Å²) >= 11 is 0. The molecule has 0 bridgehead atoms. The van der Waals surface area contributed by atoms with E-state index in [-0.39, 0.29) is 17.5 Å². The van der Waals surface area contributed by atoms with E-state index in [0.29, 0.717) is 0 Å². The lowest BCUT2D eigenvalue weighted by Crippen LogP contribution is -2.44. The average molecular weight is 298 g/mol. The van der Waals surface area contributed by atoms with E-state index in [2.05, 4.69) is 5.32 Å². The molecule has 21 heavy (non-hydrogen) atoms. The fraction of sp³-hybridized carbons (Fsp3) is 0.562. The van der Waals surface area contributed by atoms with Crippen molar-refractivity contribution in [3.05, 3.63) is 35.4 Å². The summed E-state index contributed by atoms with van der Waals surface area (Å²) in [4.78, 5) is 12.2. The molecule has 1 aromatic carbocycles. The third kappa shape index (κ3) is 4.49. The van der Waals surface area contributed by atoms with Crippen molar-refractivity contribution in [2.45, 2.75) is 46.7 Å². The minimum Gasteiger partial charge on any atom is -0.348 e. The summed E-state index contributed by atoms with van der Waals surface area (Å²) in [6.45, 7) is 9.13. The van der Waals surface area contributed by atoms with Crippen molar-refractivity contribution in [3.8, 4) is 0 Å². The normalized spacial score (nSPS) is 16.2. The Labute approximate surface area is 124 Å². The average Bonchev–Trinajstić information content (AvgIpc) is 2.34. The van der Waals surface area contributed by atoms with Crippen molar-refractivity contribution in [3.63, 3.8) is 0 Å². The maximum absolute atomic E-state index is 14.0. The highest BCUT2D eigenvalue weighted by atomic mass is 19.1. The van der Waals surface area contributed by atoms with Crippen molar-refractivity contribution < 1.29 is 13.6 Å². The van der Waals surface area contributed by atoms with E-state index < -0.39 is 29.0 Å². The Bertz CT molecular complexity index is 509. The van der Waals surface area contributed by atoms with Crippen molar-refractivity contribution in [2.75, 3.05) is 0 Å². The molecule has 0 aliphatic rings. The number of nitrogens with one attached hydrogen (secondary N) is 1. The van der Waals surface area contributed by atoms with E-state index in [1.54, 1.807) is 13.8 Å². The molecule has 1 aromatic rings. The van der Waals surface area contributed by atoms with Crippen LogP contribution in [0.25, 0.3) is 0 Å². The monoisotopic (exact) mass is 298 g/mol. The maximum Gasteiger partial charge on any atom is 0.224 e. The highest BCUT2D eigenvalue weighted by molar-refractivity contribution is 5.79. The van der Waals surface area contributed by atoms with E-state index in [4.69, 9.17) is 5.73 Å². The smallest absolute Gasteiger partial charge is 0.224 e. The van der Waals surface area contributed by atoms with Gasteiger partial charge in [0, 0.05) is 23.6 Å². The molecule has 0 saturated carbocycles. The van der Waals surface area contributed by atoms with Gasteiger partial charge in [0.25, 0.3) is 0 Å². The summed E-state index contributed by atoms with van der Waals surface area (Å²) in [5.41, 5.74) is 5.57. The zero-order valence-corrected chi connectivity index (χ0v) is 13.2. The fourth-order valence-corrected chi connectivity index (χ4v) is 2.01. The molecule has 0 aromatic heterocycles. The van der Waals surface area contributed by atoms with Gasteiger partial charge >= 0.3 is 0 Å². The summed E-state index contributed by atoms with van der Waals surface area (Å²) in [5.74, 6) is -1.94. The Morgan fingerprint density at radius 2 is 1.81 bits per heavy atom. The SMILES string of the molecule is CC(N)C(C)C(=O)NC(c1ccc(F)cc1F)C(C)(C)C. The van der Waals surface area contributed by atoms with Gasteiger partial charge in [-0.05, 0) is 18.4 Å². The molecule has 0 aliphatic carbocycles. The van der Waals surface area contributed by atoms with Crippen molar-refractivity contribution in [2.24, 2.45) is 17.1 Å². The van der Waals surface area contributed by atoms with Crippen LogP contribution in [0.2, 0.25) is 0 Å². The number of hydrogen-bond donors (Lipinski definition) is 2.